The van der Waals surface area contributed by atoms with Crippen LogP contribution in [0.15, 0.2) is 0 Å². The van der Waals surface area contributed by atoms with Crippen molar-refractivity contribution in [3.8, 4) is 0 Å². The van der Waals surface area contributed by atoms with Crippen LogP contribution in [0.25, 0.3) is 0 Å². The van der Waals surface area contributed by atoms with Crippen LogP contribution in [0, 0.1) is 17.3 Å². The third-order valence-corrected chi connectivity index (χ3v) is 4.03. The molecule has 0 radical (unpaired) electrons. The van der Waals surface area contributed by atoms with Crippen LogP contribution in [0.2, 0.25) is 0 Å². The Bertz CT molecular complexity index is 356. The van der Waals surface area contributed by atoms with E-state index in [0.717, 1.165) is 19.4 Å². The fraction of sp³-hybridized carbons (Fsp3) is 0.846. The molecule has 2 N–H and O–H groups in total. The fourth-order valence-corrected chi connectivity index (χ4v) is 2.81. The number of aliphatic carboxylic acids is 1. The Balaban J connectivity index is 1.80. The number of piperidine rings is 1. The van der Waals surface area contributed by atoms with Gasteiger partial charge in [-0.15, -0.1) is 0 Å². The summed E-state index contributed by atoms with van der Waals surface area (Å²) >= 11 is 0. The number of amides is 1. The van der Waals surface area contributed by atoms with Crippen LogP contribution in [-0.2, 0) is 9.59 Å². The van der Waals surface area contributed by atoms with E-state index in [4.69, 9.17) is 0 Å². The lowest BCUT2D eigenvalue weighted by Crippen LogP contribution is -2.45. The average molecular weight is 254 g/mol. The summed E-state index contributed by atoms with van der Waals surface area (Å²) in [5.41, 5.74) is -0.545. The molecule has 102 valence electrons. The molecule has 2 rings (SSSR count). The molecule has 2 unspecified atom stereocenters. The molecule has 2 atom stereocenters. The molecule has 0 aromatic heterocycles. The molecule has 1 saturated heterocycles. The Hall–Kier alpha value is -1.10. The lowest BCUT2D eigenvalue weighted by Gasteiger charge is -2.30. The molecule has 1 saturated carbocycles. The van der Waals surface area contributed by atoms with E-state index in [1.54, 1.807) is 0 Å². The molecule has 1 aliphatic carbocycles. The van der Waals surface area contributed by atoms with Gasteiger partial charge < -0.3 is 10.4 Å². The van der Waals surface area contributed by atoms with E-state index in [1.807, 2.05) is 4.90 Å². The van der Waals surface area contributed by atoms with Crippen LogP contribution < -0.4 is 5.32 Å². The fourth-order valence-electron chi connectivity index (χ4n) is 2.81. The SMILES string of the molecule is CC(C)CNC(=O)CN1CCC2CC2(C(=O)O)C1. The van der Waals surface area contributed by atoms with Crippen LogP contribution >= 0.6 is 0 Å². The number of carboxylic acids is 1. The maximum atomic E-state index is 11.7. The number of nitrogens with one attached hydrogen (secondary N) is 1. The summed E-state index contributed by atoms with van der Waals surface area (Å²) < 4.78 is 0. The van der Waals surface area contributed by atoms with Gasteiger partial charge in [-0.1, -0.05) is 13.8 Å². The smallest absolute Gasteiger partial charge is 0.311 e. The summed E-state index contributed by atoms with van der Waals surface area (Å²) in [6, 6.07) is 0. The highest BCUT2D eigenvalue weighted by molar-refractivity contribution is 5.80. The highest BCUT2D eigenvalue weighted by atomic mass is 16.4. The molecule has 0 aromatic rings. The van der Waals surface area contributed by atoms with E-state index in [0.29, 0.717) is 31.5 Å². The predicted molar refractivity (Wildman–Crippen MR) is 67.1 cm³/mol. The second-order valence-corrected chi connectivity index (χ2v) is 6.06. The maximum absolute atomic E-state index is 11.7. The summed E-state index contributed by atoms with van der Waals surface area (Å²) in [5, 5.41) is 12.1. The van der Waals surface area contributed by atoms with E-state index in [-0.39, 0.29) is 5.91 Å². The van der Waals surface area contributed by atoms with Crippen molar-refractivity contribution < 1.29 is 14.7 Å². The molecule has 2 aliphatic rings. The van der Waals surface area contributed by atoms with Gasteiger partial charge in [0.25, 0.3) is 0 Å². The Kier molecular flexibility index (Phi) is 3.61. The Morgan fingerprint density at radius 3 is 2.83 bits per heavy atom. The number of hydrogen-bond donors (Lipinski definition) is 2. The van der Waals surface area contributed by atoms with Crippen LogP contribution in [0.5, 0.6) is 0 Å². The van der Waals surface area contributed by atoms with E-state index < -0.39 is 11.4 Å². The summed E-state index contributed by atoms with van der Waals surface area (Å²) in [5.74, 6) is 0.0848. The van der Waals surface area contributed by atoms with Crippen molar-refractivity contribution in [3.63, 3.8) is 0 Å². The molecule has 1 amide bonds. The van der Waals surface area contributed by atoms with Gasteiger partial charge in [0.15, 0.2) is 0 Å². The molecule has 0 bridgehead atoms. The van der Waals surface area contributed by atoms with Crippen molar-refractivity contribution in [2.75, 3.05) is 26.2 Å². The minimum absolute atomic E-state index is 0.00309. The first-order valence-corrected chi connectivity index (χ1v) is 6.66. The van der Waals surface area contributed by atoms with E-state index in [9.17, 15) is 14.7 Å². The molecule has 5 nitrogen and oxygen atoms in total. The molecule has 1 aliphatic heterocycles. The van der Waals surface area contributed by atoms with Crippen LogP contribution in [-0.4, -0.2) is 48.1 Å². The molecular weight excluding hydrogens is 232 g/mol. The van der Waals surface area contributed by atoms with Crippen molar-refractivity contribution in [2.45, 2.75) is 26.7 Å². The standard InChI is InChI=1S/C13H22N2O3/c1-9(2)6-14-11(16)7-15-4-3-10-5-13(10,8-15)12(17)18/h9-10H,3-8H2,1-2H3,(H,14,16)(H,17,18). The highest BCUT2D eigenvalue weighted by Gasteiger charge is 2.62. The van der Waals surface area contributed by atoms with Gasteiger partial charge in [0.05, 0.1) is 12.0 Å². The minimum atomic E-state index is -0.695. The topological polar surface area (TPSA) is 69.6 Å². The number of carboxylic acid groups (broad SMARTS) is 1. The number of nitrogens with zero attached hydrogens (tertiary/aromatic N) is 1. The second kappa shape index (κ2) is 4.88. The number of likely N-dealkylation sites (tertiary alicyclic amines) is 1. The Morgan fingerprint density at radius 1 is 1.50 bits per heavy atom. The zero-order valence-corrected chi connectivity index (χ0v) is 11.1. The number of fused-ring (bicyclic) bond motifs is 1. The van der Waals surface area contributed by atoms with Gasteiger partial charge in [-0.3, -0.25) is 14.5 Å². The Labute approximate surface area is 108 Å². The van der Waals surface area contributed by atoms with Gasteiger partial charge in [-0.05, 0) is 31.2 Å². The highest BCUT2D eigenvalue weighted by Crippen LogP contribution is 2.57. The number of carbonyl (C=O) groups is 2. The van der Waals surface area contributed by atoms with Crippen LogP contribution in [0.4, 0.5) is 0 Å². The van der Waals surface area contributed by atoms with Crippen molar-refractivity contribution in [3.05, 3.63) is 0 Å². The average Bonchev–Trinajstić information content (AvgIpc) is 3.01. The van der Waals surface area contributed by atoms with Crippen molar-refractivity contribution in [1.82, 2.24) is 10.2 Å². The predicted octanol–water partition coefficient (Wildman–Crippen LogP) is 0.555. The lowest BCUT2D eigenvalue weighted by atomic mass is 9.97. The molecule has 2 fully saturated rings. The van der Waals surface area contributed by atoms with Crippen molar-refractivity contribution >= 4 is 11.9 Å². The summed E-state index contributed by atoms with van der Waals surface area (Å²) in [7, 11) is 0. The number of hydrogen-bond acceptors (Lipinski definition) is 3. The molecular formula is C13H22N2O3. The zero-order valence-electron chi connectivity index (χ0n) is 11.1. The largest absolute Gasteiger partial charge is 0.481 e. The monoisotopic (exact) mass is 254 g/mol. The summed E-state index contributed by atoms with van der Waals surface area (Å²) in [4.78, 5) is 24.9. The quantitative estimate of drug-likeness (QED) is 0.752. The molecule has 1 heterocycles. The van der Waals surface area contributed by atoms with Gasteiger partial charge in [0.2, 0.25) is 5.91 Å². The van der Waals surface area contributed by atoms with Gasteiger partial charge in [0, 0.05) is 13.1 Å². The minimum Gasteiger partial charge on any atom is -0.481 e. The van der Waals surface area contributed by atoms with Gasteiger partial charge in [-0.25, -0.2) is 0 Å². The zero-order chi connectivity index (χ0) is 13.3. The molecule has 18 heavy (non-hydrogen) atoms. The second-order valence-electron chi connectivity index (χ2n) is 6.06. The lowest BCUT2D eigenvalue weighted by molar-refractivity contribution is -0.146. The molecule has 0 aromatic carbocycles. The summed E-state index contributed by atoms with van der Waals surface area (Å²) in [6.07, 6.45) is 1.69. The van der Waals surface area contributed by atoms with E-state index in [1.165, 1.54) is 0 Å². The first-order chi connectivity index (χ1) is 8.44. The van der Waals surface area contributed by atoms with E-state index in [2.05, 4.69) is 19.2 Å². The van der Waals surface area contributed by atoms with E-state index >= 15 is 0 Å². The number of carbonyl (C=O) groups excluding carboxylic acids is 1. The normalized spacial score (nSPS) is 30.9. The first-order valence-electron chi connectivity index (χ1n) is 6.66. The third-order valence-electron chi connectivity index (χ3n) is 4.03. The van der Waals surface area contributed by atoms with Gasteiger partial charge >= 0.3 is 5.97 Å². The maximum Gasteiger partial charge on any atom is 0.311 e. The Morgan fingerprint density at radius 2 is 2.22 bits per heavy atom. The first kappa shape index (κ1) is 13.3. The van der Waals surface area contributed by atoms with Crippen LogP contribution in [0.3, 0.4) is 0 Å². The van der Waals surface area contributed by atoms with Gasteiger partial charge in [-0.2, -0.15) is 0 Å². The van der Waals surface area contributed by atoms with Crippen LogP contribution in [0.1, 0.15) is 26.7 Å². The molecule has 5 heteroatoms. The van der Waals surface area contributed by atoms with Crippen molar-refractivity contribution in [1.29, 1.82) is 0 Å². The van der Waals surface area contributed by atoms with Crippen molar-refractivity contribution in [2.24, 2.45) is 17.3 Å². The van der Waals surface area contributed by atoms with Gasteiger partial charge in [0.1, 0.15) is 0 Å². The third kappa shape index (κ3) is 2.66. The summed E-state index contributed by atoms with van der Waals surface area (Å²) in [6.45, 7) is 6.48. The number of rotatable bonds is 5. The molecule has 0 spiro atoms.